The predicted octanol–water partition coefficient (Wildman–Crippen LogP) is 2.62. The Morgan fingerprint density at radius 1 is 1.53 bits per heavy atom. The topological polar surface area (TPSA) is 57.5 Å². The summed E-state index contributed by atoms with van der Waals surface area (Å²) in [7, 11) is 0. The summed E-state index contributed by atoms with van der Waals surface area (Å²) in [4.78, 5) is 10.7. The van der Waals surface area contributed by atoms with Gasteiger partial charge in [0.25, 0.3) is 0 Å². The Hall–Kier alpha value is -1.22. The van der Waals surface area contributed by atoms with Gasteiger partial charge in [0.2, 0.25) is 0 Å². The molecule has 3 nitrogen and oxygen atoms in total. The van der Waals surface area contributed by atoms with Crippen LogP contribution >= 0.6 is 11.6 Å². The highest BCUT2D eigenvalue weighted by Gasteiger charge is 2.15. The number of carboxylic acids is 1. The lowest BCUT2D eigenvalue weighted by molar-refractivity contribution is -0.141. The second-order valence-electron chi connectivity index (χ2n) is 3.70. The van der Waals surface area contributed by atoms with Crippen molar-refractivity contribution in [2.24, 2.45) is 5.92 Å². The SMILES string of the molecule is Cc1cc(Cl)c(O)c(CC(C)C(=O)O)c1. The minimum atomic E-state index is -0.882. The lowest BCUT2D eigenvalue weighted by Crippen LogP contribution is -2.12. The van der Waals surface area contributed by atoms with E-state index in [1.54, 1.807) is 19.1 Å². The summed E-state index contributed by atoms with van der Waals surface area (Å²) in [6, 6.07) is 3.40. The van der Waals surface area contributed by atoms with E-state index in [4.69, 9.17) is 16.7 Å². The van der Waals surface area contributed by atoms with Gasteiger partial charge in [0.05, 0.1) is 10.9 Å². The number of aryl methyl sites for hydroxylation is 1. The zero-order valence-corrected chi connectivity index (χ0v) is 9.38. The van der Waals surface area contributed by atoms with Gasteiger partial charge in [0.15, 0.2) is 0 Å². The maximum Gasteiger partial charge on any atom is 0.306 e. The summed E-state index contributed by atoms with van der Waals surface area (Å²) in [6.07, 6.45) is 0.280. The fourth-order valence-electron chi connectivity index (χ4n) is 1.38. The van der Waals surface area contributed by atoms with E-state index in [0.717, 1.165) is 5.56 Å². The van der Waals surface area contributed by atoms with E-state index in [2.05, 4.69) is 0 Å². The van der Waals surface area contributed by atoms with Crippen molar-refractivity contribution >= 4 is 17.6 Å². The fraction of sp³-hybridized carbons (Fsp3) is 0.364. The monoisotopic (exact) mass is 228 g/mol. The highest BCUT2D eigenvalue weighted by atomic mass is 35.5. The second kappa shape index (κ2) is 4.53. The standard InChI is InChI=1S/C11H13ClO3/c1-6-3-8(5-7(2)11(14)15)10(13)9(12)4-6/h3-4,7,13H,5H2,1-2H3,(H,14,15). The summed E-state index contributed by atoms with van der Waals surface area (Å²) in [5.74, 6) is -1.43. The summed E-state index contributed by atoms with van der Waals surface area (Å²) in [5, 5.41) is 18.7. The molecule has 1 atom stereocenters. The third-order valence-electron chi connectivity index (χ3n) is 2.23. The molecule has 2 N–H and O–H groups in total. The number of aromatic hydroxyl groups is 1. The number of phenols is 1. The molecule has 0 aliphatic rings. The van der Waals surface area contributed by atoms with Gasteiger partial charge in [0.1, 0.15) is 5.75 Å². The molecule has 0 amide bonds. The average molecular weight is 229 g/mol. The predicted molar refractivity (Wildman–Crippen MR) is 58.4 cm³/mol. The fourth-order valence-corrected chi connectivity index (χ4v) is 1.67. The molecule has 15 heavy (non-hydrogen) atoms. The molecule has 1 aromatic carbocycles. The second-order valence-corrected chi connectivity index (χ2v) is 4.11. The van der Waals surface area contributed by atoms with Crippen LogP contribution in [0, 0.1) is 12.8 Å². The first-order valence-electron chi connectivity index (χ1n) is 4.62. The molecular formula is C11H13ClO3. The maximum absolute atomic E-state index is 10.7. The zero-order chi connectivity index (χ0) is 11.6. The molecule has 0 radical (unpaired) electrons. The van der Waals surface area contributed by atoms with Crippen molar-refractivity contribution < 1.29 is 15.0 Å². The van der Waals surface area contributed by atoms with Gasteiger partial charge in [-0.2, -0.15) is 0 Å². The Kier molecular flexibility index (Phi) is 3.58. The zero-order valence-electron chi connectivity index (χ0n) is 8.62. The Labute approximate surface area is 93.3 Å². The van der Waals surface area contributed by atoms with Gasteiger partial charge in [-0.3, -0.25) is 4.79 Å². The highest BCUT2D eigenvalue weighted by Crippen LogP contribution is 2.30. The lowest BCUT2D eigenvalue weighted by atomic mass is 9.99. The summed E-state index contributed by atoms with van der Waals surface area (Å²) >= 11 is 5.78. The van der Waals surface area contributed by atoms with E-state index < -0.39 is 11.9 Å². The molecule has 0 aliphatic heterocycles. The molecule has 1 aromatic rings. The molecular weight excluding hydrogens is 216 g/mol. The van der Waals surface area contributed by atoms with Gasteiger partial charge in [-0.25, -0.2) is 0 Å². The van der Waals surface area contributed by atoms with Crippen molar-refractivity contribution in [3.63, 3.8) is 0 Å². The van der Waals surface area contributed by atoms with E-state index in [1.165, 1.54) is 0 Å². The van der Waals surface area contributed by atoms with E-state index >= 15 is 0 Å². The van der Waals surface area contributed by atoms with Crippen LogP contribution in [-0.2, 0) is 11.2 Å². The molecule has 1 rings (SSSR count). The molecule has 4 heteroatoms. The number of benzene rings is 1. The van der Waals surface area contributed by atoms with Gasteiger partial charge in [0, 0.05) is 0 Å². The van der Waals surface area contributed by atoms with Crippen molar-refractivity contribution in [3.05, 3.63) is 28.3 Å². The molecule has 0 aliphatic carbocycles. The molecule has 0 bridgehead atoms. The van der Waals surface area contributed by atoms with Crippen molar-refractivity contribution in [2.75, 3.05) is 0 Å². The third kappa shape index (κ3) is 2.86. The van der Waals surface area contributed by atoms with Gasteiger partial charge in [-0.15, -0.1) is 0 Å². The average Bonchev–Trinajstić information content (AvgIpc) is 2.13. The minimum absolute atomic E-state index is 0.0182. The molecule has 0 saturated heterocycles. The number of rotatable bonds is 3. The van der Waals surface area contributed by atoms with E-state index in [9.17, 15) is 9.90 Å². The van der Waals surface area contributed by atoms with Crippen molar-refractivity contribution in [1.82, 2.24) is 0 Å². The smallest absolute Gasteiger partial charge is 0.306 e. The van der Waals surface area contributed by atoms with Gasteiger partial charge < -0.3 is 10.2 Å². The van der Waals surface area contributed by atoms with Crippen LogP contribution < -0.4 is 0 Å². The molecule has 0 heterocycles. The molecule has 0 fully saturated rings. The molecule has 0 saturated carbocycles. The number of hydrogen-bond acceptors (Lipinski definition) is 2. The maximum atomic E-state index is 10.7. The first-order chi connectivity index (χ1) is 6.91. The van der Waals surface area contributed by atoms with Gasteiger partial charge >= 0.3 is 5.97 Å². The van der Waals surface area contributed by atoms with Crippen LogP contribution in [0.2, 0.25) is 5.02 Å². The molecule has 82 valence electrons. The van der Waals surface area contributed by atoms with Crippen molar-refractivity contribution in [1.29, 1.82) is 0 Å². The summed E-state index contributed by atoms with van der Waals surface area (Å²) in [6.45, 7) is 3.44. The van der Waals surface area contributed by atoms with Crippen LogP contribution in [0.25, 0.3) is 0 Å². The Bertz CT molecular complexity index is 388. The molecule has 1 unspecified atom stereocenters. The molecule has 0 spiro atoms. The molecule has 0 aromatic heterocycles. The van der Waals surface area contributed by atoms with Crippen LogP contribution in [0.4, 0.5) is 0 Å². The van der Waals surface area contributed by atoms with Crippen molar-refractivity contribution in [2.45, 2.75) is 20.3 Å². The van der Waals surface area contributed by atoms with E-state index in [1.807, 2.05) is 6.92 Å². The number of phenolic OH excluding ortho intramolecular Hbond substituents is 1. The number of carboxylic acid groups (broad SMARTS) is 1. The minimum Gasteiger partial charge on any atom is -0.506 e. The van der Waals surface area contributed by atoms with Crippen LogP contribution in [-0.4, -0.2) is 16.2 Å². The highest BCUT2D eigenvalue weighted by molar-refractivity contribution is 6.32. The summed E-state index contributed by atoms with van der Waals surface area (Å²) < 4.78 is 0. The third-order valence-corrected chi connectivity index (χ3v) is 2.52. The van der Waals surface area contributed by atoms with Crippen LogP contribution in [0.3, 0.4) is 0 Å². The normalized spacial score (nSPS) is 12.5. The first-order valence-corrected chi connectivity index (χ1v) is 5.00. The van der Waals surface area contributed by atoms with Gasteiger partial charge in [-0.05, 0) is 30.5 Å². The number of halogens is 1. The van der Waals surface area contributed by atoms with E-state index in [0.29, 0.717) is 5.56 Å². The Morgan fingerprint density at radius 3 is 2.67 bits per heavy atom. The van der Waals surface area contributed by atoms with Crippen molar-refractivity contribution in [3.8, 4) is 5.75 Å². The largest absolute Gasteiger partial charge is 0.506 e. The number of aliphatic carboxylic acids is 1. The lowest BCUT2D eigenvalue weighted by Gasteiger charge is -2.10. The van der Waals surface area contributed by atoms with Crippen LogP contribution in [0.1, 0.15) is 18.1 Å². The van der Waals surface area contributed by atoms with Crippen LogP contribution in [0.5, 0.6) is 5.75 Å². The number of hydrogen-bond donors (Lipinski definition) is 2. The Morgan fingerprint density at radius 2 is 2.13 bits per heavy atom. The quantitative estimate of drug-likeness (QED) is 0.836. The Balaban J connectivity index is 2.99. The van der Waals surface area contributed by atoms with E-state index in [-0.39, 0.29) is 17.2 Å². The van der Waals surface area contributed by atoms with Crippen LogP contribution in [0.15, 0.2) is 12.1 Å². The summed E-state index contributed by atoms with van der Waals surface area (Å²) in [5.41, 5.74) is 1.49. The van der Waals surface area contributed by atoms with Gasteiger partial charge in [-0.1, -0.05) is 24.6 Å². The number of carbonyl (C=O) groups is 1. The first kappa shape index (κ1) is 11.9.